The summed E-state index contributed by atoms with van der Waals surface area (Å²) in [6.07, 6.45) is 0.586. The normalized spacial score (nSPS) is 20.1. The Balaban J connectivity index is 1.85. The lowest BCUT2D eigenvalue weighted by Gasteiger charge is -2.30. The topological polar surface area (TPSA) is 82.0 Å². The number of nitrogens with one attached hydrogen (secondary N) is 1. The summed E-state index contributed by atoms with van der Waals surface area (Å²) >= 11 is 0. The van der Waals surface area contributed by atoms with Crippen molar-refractivity contribution in [2.24, 2.45) is 5.10 Å². The van der Waals surface area contributed by atoms with Gasteiger partial charge in [0.05, 0.1) is 0 Å². The van der Waals surface area contributed by atoms with Gasteiger partial charge >= 0.3 is 0 Å². The van der Waals surface area contributed by atoms with Gasteiger partial charge in [0.25, 0.3) is 11.8 Å². The molecule has 2 amide bonds. The minimum Gasteiger partial charge on any atom is -0.369 e. The minimum absolute atomic E-state index is 0.281. The van der Waals surface area contributed by atoms with Gasteiger partial charge in [-0.2, -0.15) is 5.10 Å². The number of hydrogen-bond donors (Lipinski definition) is 2. The third-order valence-corrected chi connectivity index (χ3v) is 4.45. The van der Waals surface area contributed by atoms with Crippen LogP contribution in [0.5, 0.6) is 0 Å². The lowest BCUT2D eigenvalue weighted by atomic mass is 10.0. The van der Waals surface area contributed by atoms with E-state index in [4.69, 9.17) is 0 Å². The number of carbonyl (C=O) groups excluding carboxylic acids is 2. The highest BCUT2D eigenvalue weighted by Gasteiger charge is 2.41. The van der Waals surface area contributed by atoms with Crippen LogP contribution in [0.1, 0.15) is 36.2 Å². The van der Waals surface area contributed by atoms with Crippen molar-refractivity contribution in [3.8, 4) is 0 Å². The van der Waals surface area contributed by atoms with Gasteiger partial charge in [-0.05, 0) is 31.5 Å². The second kappa shape index (κ2) is 7.72. The van der Waals surface area contributed by atoms with Gasteiger partial charge < -0.3 is 10.4 Å². The van der Waals surface area contributed by atoms with Crippen molar-refractivity contribution >= 4 is 17.5 Å². The number of aliphatic hydroxyl groups is 1. The van der Waals surface area contributed by atoms with E-state index in [1.165, 1.54) is 0 Å². The number of hydrogen-bond acceptors (Lipinski definition) is 4. The smallest absolute Gasteiger partial charge is 0.268 e. The van der Waals surface area contributed by atoms with E-state index in [1.54, 1.807) is 38.1 Å². The van der Waals surface area contributed by atoms with E-state index in [2.05, 4.69) is 10.4 Å². The van der Waals surface area contributed by atoms with Gasteiger partial charge in [0.15, 0.2) is 5.72 Å². The third kappa shape index (κ3) is 4.41. The third-order valence-electron chi connectivity index (χ3n) is 4.45. The minimum atomic E-state index is -1.40. The van der Waals surface area contributed by atoms with Crippen LogP contribution in [-0.2, 0) is 11.2 Å². The SMILES string of the molecule is CC1=NN(C(=O)C(Cc2ccccc2)NC(=O)c2ccccc2)C(C)(O)C1. The molecule has 2 aromatic carbocycles. The Morgan fingerprint density at radius 3 is 2.30 bits per heavy atom. The lowest BCUT2D eigenvalue weighted by Crippen LogP contribution is -2.53. The zero-order valence-corrected chi connectivity index (χ0v) is 15.4. The van der Waals surface area contributed by atoms with E-state index in [1.807, 2.05) is 36.4 Å². The van der Waals surface area contributed by atoms with Crippen molar-refractivity contribution in [2.45, 2.75) is 38.5 Å². The summed E-state index contributed by atoms with van der Waals surface area (Å²) < 4.78 is 0. The lowest BCUT2D eigenvalue weighted by molar-refractivity contribution is -0.154. The molecule has 2 unspecified atom stereocenters. The number of hydrazone groups is 1. The molecule has 1 heterocycles. The highest BCUT2D eigenvalue weighted by Crippen LogP contribution is 2.25. The monoisotopic (exact) mass is 365 g/mol. The van der Waals surface area contributed by atoms with Crippen LogP contribution in [0.15, 0.2) is 65.8 Å². The first kappa shape index (κ1) is 18.8. The molecular weight excluding hydrogens is 342 g/mol. The summed E-state index contributed by atoms with van der Waals surface area (Å²) in [5.41, 5.74) is 0.647. The molecule has 0 saturated heterocycles. The molecule has 0 spiro atoms. The molecule has 1 aliphatic heterocycles. The Morgan fingerprint density at radius 1 is 1.15 bits per heavy atom. The maximum atomic E-state index is 13.1. The van der Waals surface area contributed by atoms with Crippen molar-refractivity contribution in [3.63, 3.8) is 0 Å². The molecule has 27 heavy (non-hydrogen) atoms. The molecular formula is C21H23N3O3. The van der Waals surface area contributed by atoms with Gasteiger partial charge in [-0.3, -0.25) is 9.59 Å². The molecule has 0 radical (unpaired) electrons. The summed E-state index contributed by atoms with van der Waals surface area (Å²) in [5, 5.41) is 18.6. The second-order valence-electron chi connectivity index (χ2n) is 6.96. The van der Waals surface area contributed by atoms with Crippen LogP contribution in [0.4, 0.5) is 0 Å². The van der Waals surface area contributed by atoms with Crippen molar-refractivity contribution in [1.82, 2.24) is 10.3 Å². The molecule has 6 nitrogen and oxygen atoms in total. The summed E-state index contributed by atoms with van der Waals surface area (Å²) in [5.74, 6) is -0.783. The van der Waals surface area contributed by atoms with Gasteiger partial charge in [0.1, 0.15) is 6.04 Å². The zero-order chi connectivity index (χ0) is 19.4. The highest BCUT2D eigenvalue weighted by molar-refractivity contribution is 5.98. The molecule has 0 saturated carbocycles. The van der Waals surface area contributed by atoms with Crippen molar-refractivity contribution in [3.05, 3.63) is 71.8 Å². The van der Waals surface area contributed by atoms with E-state index in [9.17, 15) is 14.7 Å². The summed E-state index contributed by atoms with van der Waals surface area (Å²) in [6.45, 7) is 3.31. The van der Waals surface area contributed by atoms with Crippen molar-refractivity contribution < 1.29 is 14.7 Å². The van der Waals surface area contributed by atoms with E-state index in [0.717, 1.165) is 10.6 Å². The van der Waals surface area contributed by atoms with Gasteiger partial charge in [-0.15, -0.1) is 0 Å². The molecule has 6 heteroatoms. The first-order valence-corrected chi connectivity index (χ1v) is 8.87. The first-order valence-electron chi connectivity index (χ1n) is 8.87. The van der Waals surface area contributed by atoms with Gasteiger partial charge in [0.2, 0.25) is 0 Å². The number of carbonyl (C=O) groups is 2. The van der Waals surface area contributed by atoms with Crippen molar-refractivity contribution in [1.29, 1.82) is 0 Å². The van der Waals surface area contributed by atoms with Crippen LogP contribution in [0, 0.1) is 0 Å². The van der Waals surface area contributed by atoms with Crippen molar-refractivity contribution in [2.75, 3.05) is 0 Å². The fourth-order valence-corrected chi connectivity index (χ4v) is 3.19. The quantitative estimate of drug-likeness (QED) is 0.853. The molecule has 2 atom stereocenters. The second-order valence-corrected chi connectivity index (χ2v) is 6.96. The number of benzene rings is 2. The Labute approximate surface area is 158 Å². The molecule has 0 aromatic heterocycles. The number of amides is 2. The van der Waals surface area contributed by atoms with Crippen LogP contribution < -0.4 is 5.32 Å². The average molecular weight is 365 g/mol. The predicted molar refractivity (Wildman–Crippen MR) is 103 cm³/mol. The summed E-state index contributed by atoms with van der Waals surface area (Å²) in [6, 6.07) is 17.3. The molecule has 0 bridgehead atoms. The highest BCUT2D eigenvalue weighted by atomic mass is 16.3. The van der Waals surface area contributed by atoms with Crippen LogP contribution in [-0.4, -0.2) is 39.4 Å². The first-order chi connectivity index (χ1) is 12.9. The van der Waals surface area contributed by atoms with Crippen LogP contribution in [0.3, 0.4) is 0 Å². The fourth-order valence-electron chi connectivity index (χ4n) is 3.19. The fraction of sp³-hybridized carbons (Fsp3) is 0.286. The Morgan fingerprint density at radius 2 is 1.74 bits per heavy atom. The maximum absolute atomic E-state index is 13.1. The predicted octanol–water partition coefficient (Wildman–Crippen LogP) is 2.34. The number of nitrogens with zero attached hydrogens (tertiary/aromatic N) is 2. The average Bonchev–Trinajstić information content (AvgIpc) is 2.94. The Kier molecular flexibility index (Phi) is 5.37. The van der Waals surface area contributed by atoms with E-state index >= 15 is 0 Å². The molecule has 1 aliphatic rings. The van der Waals surface area contributed by atoms with E-state index < -0.39 is 17.7 Å². The zero-order valence-electron chi connectivity index (χ0n) is 15.4. The molecule has 2 aromatic rings. The van der Waals surface area contributed by atoms with Gasteiger partial charge in [-0.1, -0.05) is 48.5 Å². The van der Waals surface area contributed by atoms with Gasteiger partial charge in [-0.25, -0.2) is 5.01 Å². The van der Waals surface area contributed by atoms with E-state index in [-0.39, 0.29) is 12.3 Å². The van der Waals surface area contributed by atoms with Crippen LogP contribution >= 0.6 is 0 Å². The molecule has 2 N–H and O–H groups in total. The van der Waals surface area contributed by atoms with Crippen LogP contribution in [0.2, 0.25) is 0 Å². The van der Waals surface area contributed by atoms with E-state index in [0.29, 0.717) is 17.7 Å². The maximum Gasteiger partial charge on any atom is 0.268 e. The van der Waals surface area contributed by atoms with Gasteiger partial charge in [0, 0.05) is 24.1 Å². The number of rotatable bonds is 5. The molecule has 140 valence electrons. The summed E-state index contributed by atoms with van der Waals surface area (Å²) in [7, 11) is 0. The molecule has 3 rings (SSSR count). The molecule has 0 aliphatic carbocycles. The largest absolute Gasteiger partial charge is 0.369 e. The standard InChI is InChI=1S/C21H23N3O3/c1-15-14-21(2,27)24(23-15)20(26)18(13-16-9-5-3-6-10-16)22-19(25)17-11-7-4-8-12-17/h3-12,18,27H,13-14H2,1-2H3,(H,22,25). The summed E-state index contributed by atoms with van der Waals surface area (Å²) in [4.78, 5) is 25.7. The Hall–Kier alpha value is -2.99. The Bertz CT molecular complexity index is 847. The molecule has 0 fully saturated rings. The van der Waals surface area contributed by atoms with Crippen LogP contribution in [0.25, 0.3) is 0 Å².